The third-order valence-electron chi connectivity index (χ3n) is 1.70. The first-order chi connectivity index (χ1) is 6.30. The molecule has 0 spiro atoms. The molecule has 0 saturated heterocycles. The Hall–Kier alpha value is -0.687. The summed E-state index contributed by atoms with van der Waals surface area (Å²) in [6.07, 6.45) is 14.4. The van der Waals surface area contributed by atoms with Gasteiger partial charge in [-0.1, -0.05) is 19.8 Å². The molecule has 0 atom stereocenters. The van der Waals surface area contributed by atoms with Gasteiger partial charge in [-0.25, -0.2) is 11.6 Å². The number of nitrogens with one attached hydrogen (secondary N) is 1. The van der Waals surface area contributed by atoms with Crippen molar-refractivity contribution in [3.8, 4) is 0 Å². The zero-order valence-corrected chi connectivity index (χ0v) is 10.1. The van der Waals surface area contributed by atoms with Crippen molar-refractivity contribution in [1.82, 2.24) is 9.97 Å². The molecule has 1 heterocycles. The number of hydrogen-bond donors (Lipinski definition) is 1. The van der Waals surface area contributed by atoms with Crippen molar-refractivity contribution in [3.05, 3.63) is 42.5 Å². The van der Waals surface area contributed by atoms with Crippen molar-refractivity contribution in [2.24, 2.45) is 5.92 Å². The van der Waals surface area contributed by atoms with E-state index < -0.39 is 0 Å². The SMILES string of the molecule is CC(C)C1=[C-]CC=C1.[Ru+2].[c-]1ncc[nH]1. The number of rotatable bonds is 1. The van der Waals surface area contributed by atoms with Gasteiger partial charge in [0.15, 0.2) is 0 Å². The van der Waals surface area contributed by atoms with E-state index in [1.165, 1.54) is 5.57 Å². The molecule has 0 unspecified atom stereocenters. The fraction of sp³-hybridized carbons (Fsp3) is 0.364. The topological polar surface area (TPSA) is 28.7 Å². The van der Waals surface area contributed by atoms with Crippen LogP contribution in [0.2, 0.25) is 0 Å². The van der Waals surface area contributed by atoms with Crippen LogP contribution < -0.4 is 0 Å². The first kappa shape index (κ1) is 13.3. The standard InChI is InChI=1S/C8H11.C3H3N2.Ru/c1-7(2)8-5-3-4-6-8;1-2-5-3-4-1;/h3,5,7H,4H2,1-2H3;1-2H,(H,4,5);/q2*-1;+2. The van der Waals surface area contributed by atoms with Crippen LogP contribution in [-0.4, -0.2) is 9.97 Å². The monoisotopic (exact) mass is 276 g/mol. The predicted octanol–water partition coefficient (Wildman–Crippen LogP) is 2.54. The van der Waals surface area contributed by atoms with Crippen LogP contribution in [0.1, 0.15) is 20.3 Å². The molecule has 0 fully saturated rings. The molecule has 3 heteroatoms. The van der Waals surface area contributed by atoms with Gasteiger partial charge in [-0.15, -0.1) is 18.8 Å². The van der Waals surface area contributed by atoms with Gasteiger partial charge in [0.25, 0.3) is 0 Å². The molecule has 76 valence electrons. The minimum absolute atomic E-state index is 0. The van der Waals surface area contributed by atoms with E-state index in [0.29, 0.717) is 5.92 Å². The Balaban J connectivity index is 0.000000246. The van der Waals surface area contributed by atoms with Gasteiger partial charge >= 0.3 is 19.5 Å². The number of hydrogen-bond acceptors (Lipinski definition) is 1. The molecule has 0 aromatic carbocycles. The largest absolute Gasteiger partial charge is 2.00 e. The molecule has 0 radical (unpaired) electrons. The summed E-state index contributed by atoms with van der Waals surface area (Å²) in [5, 5.41) is 0. The van der Waals surface area contributed by atoms with Gasteiger partial charge in [-0.3, -0.25) is 6.08 Å². The van der Waals surface area contributed by atoms with Gasteiger partial charge in [0.1, 0.15) is 0 Å². The molecular weight excluding hydrogens is 261 g/mol. The van der Waals surface area contributed by atoms with Crippen LogP contribution in [0.15, 0.2) is 30.1 Å². The molecule has 14 heavy (non-hydrogen) atoms. The van der Waals surface area contributed by atoms with Crippen LogP contribution >= 0.6 is 0 Å². The zero-order valence-electron chi connectivity index (χ0n) is 8.39. The van der Waals surface area contributed by atoms with E-state index in [-0.39, 0.29) is 19.5 Å². The van der Waals surface area contributed by atoms with E-state index in [2.05, 4.69) is 48.4 Å². The normalized spacial score (nSPS) is 12.9. The van der Waals surface area contributed by atoms with E-state index in [4.69, 9.17) is 0 Å². The van der Waals surface area contributed by atoms with E-state index in [0.717, 1.165) is 6.42 Å². The predicted molar refractivity (Wildman–Crippen MR) is 52.8 cm³/mol. The number of aromatic amines is 1. The summed E-state index contributed by atoms with van der Waals surface area (Å²) in [7, 11) is 0. The van der Waals surface area contributed by atoms with Crippen LogP contribution in [0.3, 0.4) is 0 Å². The zero-order chi connectivity index (χ0) is 9.52. The molecule has 1 aliphatic carbocycles. The van der Waals surface area contributed by atoms with Crippen molar-refractivity contribution in [1.29, 1.82) is 0 Å². The maximum absolute atomic E-state index is 3.54. The summed E-state index contributed by atoms with van der Waals surface area (Å²) in [5.74, 6) is 0.661. The molecule has 2 nitrogen and oxygen atoms in total. The summed E-state index contributed by atoms with van der Waals surface area (Å²) in [6.45, 7) is 4.38. The molecule has 1 N–H and O–H groups in total. The molecule has 0 amide bonds. The number of aromatic nitrogens is 2. The van der Waals surface area contributed by atoms with Gasteiger partial charge in [-0.2, -0.15) is 6.08 Å². The summed E-state index contributed by atoms with van der Waals surface area (Å²) < 4.78 is 0. The maximum atomic E-state index is 3.54. The number of nitrogens with zero attached hydrogens (tertiary/aromatic N) is 1. The van der Waals surface area contributed by atoms with Gasteiger partial charge in [0, 0.05) is 0 Å². The van der Waals surface area contributed by atoms with E-state index >= 15 is 0 Å². The minimum Gasteiger partial charge on any atom is -0.467 e. The molecule has 1 aromatic rings. The Bertz CT molecular complexity index is 256. The molecule has 0 bridgehead atoms. The average molecular weight is 275 g/mol. The summed E-state index contributed by atoms with van der Waals surface area (Å²) >= 11 is 0. The van der Waals surface area contributed by atoms with Crippen molar-refractivity contribution < 1.29 is 19.5 Å². The summed E-state index contributed by atoms with van der Waals surface area (Å²) in [6, 6.07) is 0. The summed E-state index contributed by atoms with van der Waals surface area (Å²) in [4.78, 5) is 6.17. The fourth-order valence-corrected chi connectivity index (χ4v) is 1.00. The molecule has 2 rings (SSSR count). The Labute approximate surface area is 98.3 Å². The Morgan fingerprint density at radius 2 is 2.29 bits per heavy atom. The van der Waals surface area contributed by atoms with E-state index in [1.807, 2.05) is 0 Å². The minimum atomic E-state index is 0. The molecule has 1 aromatic heterocycles. The fourth-order valence-electron chi connectivity index (χ4n) is 1.00. The van der Waals surface area contributed by atoms with Gasteiger partial charge in [0.05, 0.1) is 0 Å². The third-order valence-corrected chi connectivity index (χ3v) is 1.70. The second kappa shape index (κ2) is 7.69. The number of imidazole rings is 1. The van der Waals surface area contributed by atoms with Gasteiger partial charge in [0.2, 0.25) is 0 Å². The number of allylic oxidation sites excluding steroid dienone is 4. The molecular formula is C11H14N2Ru. The maximum Gasteiger partial charge on any atom is 2.00 e. The van der Waals surface area contributed by atoms with Crippen LogP contribution in [0.5, 0.6) is 0 Å². The van der Waals surface area contributed by atoms with Crippen LogP contribution in [0.25, 0.3) is 0 Å². The second-order valence-corrected chi connectivity index (χ2v) is 3.09. The third kappa shape index (κ3) is 5.13. The Kier molecular flexibility index (Phi) is 7.32. The van der Waals surface area contributed by atoms with Crippen LogP contribution in [0, 0.1) is 18.3 Å². The van der Waals surface area contributed by atoms with E-state index in [1.54, 1.807) is 12.4 Å². The second-order valence-electron chi connectivity index (χ2n) is 3.09. The first-order valence-corrected chi connectivity index (χ1v) is 4.43. The van der Waals surface area contributed by atoms with Gasteiger partial charge < -0.3 is 9.97 Å². The van der Waals surface area contributed by atoms with Gasteiger partial charge in [-0.05, 0) is 6.33 Å². The molecule has 0 aliphatic heterocycles. The van der Waals surface area contributed by atoms with Crippen molar-refractivity contribution in [3.63, 3.8) is 0 Å². The van der Waals surface area contributed by atoms with Crippen LogP contribution in [-0.2, 0) is 19.5 Å². The Morgan fingerprint density at radius 3 is 2.50 bits per heavy atom. The molecule has 1 aliphatic rings. The smallest absolute Gasteiger partial charge is 0.467 e. The molecule has 0 saturated carbocycles. The van der Waals surface area contributed by atoms with Crippen LogP contribution in [0.4, 0.5) is 0 Å². The average Bonchev–Trinajstić information content (AvgIpc) is 2.82. The Morgan fingerprint density at radius 1 is 1.50 bits per heavy atom. The quantitative estimate of drug-likeness (QED) is 0.619. The van der Waals surface area contributed by atoms with E-state index in [9.17, 15) is 0 Å². The van der Waals surface area contributed by atoms with Crippen molar-refractivity contribution in [2.75, 3.05) is 0 Å². The number of H-pyrrole nitrogens is 1. The van der Waals surface area contributed by atoms with Crippen molar-refractivity contribution >= 4 is 0 Å². The summed E-state index contributed by atoms with van der Waals surface area (Å²) in [5.41, 5.74) is 1.37. The first-order valence-electron chi connectivity index (χ1n) is 4.43. The van der Waals surface area contributed by atoms with Crippen molar-refractivity contribution in [2.45, 2.75) is 20.3 Å².